The molecule has 0 heterocycles. The van der Waals surface area contributed by atoms with Gasteiger partial charge in [0.1, 0.15) is 12.6 Å². The Kier molecular flexibility index (Phi) is 10.3. The molecule has 0 aromatic heterocycles. The third-order valence-corrected chi connectivity index (χ3v) is 7.92. The van der Waals surface area contributed by atoms with Gasteiger partial charge in [-0.05, 0) is 62.6 Å². The van der Waals surface area contributed by atoms with Crippen LogP contribution >= 0.6 is 23.2 Å². The summed E-state index contributed by atoms with van der Waals surface area (Å²) in [5.74, 6) is -0.920. The average Bonchev–Trinajstić information content (AvgIpc) is 2.86. The molecule has 0 aliphatic carbocycles. The van der Waals surface area contributed by atoms with Crippen molar-refractivity contribution in [2.45, 2.75) is 52.2 Å². The first-order valence-electron chi connectivity index (χ1n) is 12.8. The van der Waals surface area contributed by atoms with Gasteiger partial charge in [0.15, 0.2) is 0 Å². The Morgan fingerprint density at radius 2 is 1.57 bits per heavy atom. The molecular weight excluding hydrogens is 569 g/mol. The van der Waals surface area contributed by atoms with Gasteiger partial charge in [-0.2, -0.15) is 0 Å². The Labute approximate surface area is 247 Å². The number of nitrogens with one attached hydrogen (secondary N) is 1. The maximum absolute atomic E-state index is 14.2. The van der Waals surface area contributed by atoms with Gasteiger partial charge in [-0.15, -0.1) is 0 Å². The molecule has 3 aromatic carbocycles. The van der Waals surface area contributed by atoms with Crippen LogP contribution in [0, 0.1) is 6.92 Å². The van der Waals surface area contributed by atoms with E-state index in [0.717, 1.165) is 16.1 Å². The lowest BCUT2D eigenvalue weighted by atomic mass is 10.0. The van der Waals surface area contributed by atoms with Crippen molar-refractivity contribution in [2.24, 2.45) is 0 Å². The topological polar surface area (TPSA) is 86.8 Å². The number of hydrogen-bond donors (Lipinski definition) is 1. The van der Waals surface area contributed by atoms with Crippen LogP contribution in [0.1, 0.15) is 37.5 Å². The van der Waals surface area contributed by atoms with Crippen LogP contribution in [0.15, 0.2) is 72.8 Å². The van der Waals surface area contributed by atoms with E-state index < -0.39 is 34.1 Å². The van der Waals surface area contributed by atoms with Crippen molar-refractivity contribution >= 4 is 50.7 Å². The molecule has 214 valence electrons. The summed E-state index contributed by atoms with van der Waals surface area (Å²) < 4.78 is 26.9. The van der Waals surface area contributed by atoms with Gasteiger partial charge in [0.2, 0.25) is 21.8 Å². The summed E-state index contributed by atoms with van der Waals surface area (Å²) in [5, 5.41) is 3.76. The van der Waals surface area contributed by atoms with E-state index in [9.17, 15) is 18.0 Å². The van der Waals surface area contributed by atoms with Gasteiger partial charge >= 0.3 is 0 Å². The molecule has 0 unspecified atom stereocenters. The Morgan fingerprint density at radius 3 is 2.17 bits per heavy atom. The van der Waals surface area contributed by atoms with Crippen molar-refractivity contribution in [3.05, 3.63) is 99.5 Å². The molecule has 0 saturated heterocycles. The van der Waals surface area contributed by atoms with Gasteiger partial charge in [0.25, 0.3) is 0 Å². The first kappa shape index (κ1) is 31.5. The Hall–Kier alpha value is -3.07. The molecule has 2 amide bonds. The van der Waals surface area contributed by atoms with Crippen LogP contribution in [0.4, 0.5) is 5.69 Å². The number of carbonyl (C=O) groups excluding carboxylic acids is 2. The number of benzene rings is 3. The molecule has 10 heteroatoms. The summed E-state index contributed by atoms with van der Waals surface area (Å²) in [4.78, 5) is 29.3. The van der Waals surface area contributed by atoms with Crippen LogP contribution in [0.2, 0.25) is 10.0 Å². The van der Waals surface area contributed by atoms with E-state index in [2.05, 4.69) is 5.32 Å². The zero-order valence-electron chi connectivity index (χ0n) is 23.3. The number of anilines is 1. The quantitative estimate of drug-likeness (QED) is 0.326. The largest absolute Gasteiger partial charge is 0.350 e. The average molecular weight is 605 g/mol. The molecule has 1 atom stereocenters. The van der Waals surface area contributed by atoms with Gasteiger partial charge in [0, 0.05) is 28.5 Å². The highest BCUT2D eigenvalue weighted by Crippen LogP contribution is 2.27. The van der Waals surface area contributed by atoms with Crippen LogP contribution in [-0.2, 0) is 32.6 Å². The van der Waals surface area contributed by atoms with E-state index in [-0.39, 0.29) is 18.9 Å². The molecule has 0 spiro atoms. The highest BCUT2D eigenvalue weighted by Gasteiger charge is 2.34. The highest BCUT2D eigenvalue weighted by molar-refractivity contribution is 7.92. The molecule has 3 aromatic rings. The Morgan fingerprint density at radius 1 is 0.950 bits per heavy atom. The number of sulfonamides is 1. The summed E-state index contributed by atoms with van der Waals surface area (Å²) in [7, 11) is -3.90. The Bertz CT molecular complexity index is 1460. The minimum absolute atomic E-state index is 0.000298. The van der Waals surface area contributed by atoms with Crippen molar-refractivity contribution in [3.63, 3.8) is 0 Å². The van der Waals surface area contributed by atoms with Crippen molar-refractivity contribution in [3.8, 4) is 0 Å². The lowest BCUT2D eigenvalue weighted by Crippen LogP contribution is -2.56. The maximum atomic E-state index is 14.2. The van der Waals surface area contributed by atoms with E-state index >= 15 is 0 Å². The second-order valence-corrected chi connectivity index (χ2v) is 13.5. The molecule has 1 N–H and O–H groups in total. The first-order valence-corrected chi connectivity index (χ1v) is 15.4. The van der Waals surface area contributed by atoms with E-state index in [1.807, 2.05) is 51.1 Å². The molecule has 0 radical (unpaired) electrons. The molecule has 7 nitrogen and oxygen atoms in total. The molecule has 0 saturated carbocycles. The second-order valence-electron chi connectivity index (χ2n) is 10.8. The molecule has 0 aliphatic heterocycles. The second kappa shape index (κ2) is 13.1. The number of rotatable bonds is 10. The first-order chi connectivity index (χ1) is 18.7. The molecule has 0 fully saturated rings. The monoisotopic (exact) mass is 603 g/mol. The minimum atomic E-state index is -3.90. The summed E-state index contributed by atoms with van der Waals surface area (Å²) in [6, 6.07) is 20.3. The number of halogens is 2. The lowest BCUT2D eigenvalue weighted by Gasteiger charge is -2.35. The third-order valence-electron chi connectivity index (χ3n) is 6.19. The molecular formula is C30H35Cl2N3O4S. The predicted molar refractivity (Wildman–Crippen MR) is 162 cm³/mol. The molecule has 0 aliphatic rings. The normalized spacial score (nSPS) is 12.5. The summed E-state index contributed by atoms with van der Waals surface area (Å²) in [6.45, 7) is 6.79. The van der Waals surface area contributed by atoms with Gasteiger partial charge in [-0.3, -0.25) is 13.9 Å². The smallest absolute Gasteiger partial charge is 0.244 e. The van der Waals surface area contributed by atoms with Crippen molar-refractivity contribution in [2.75, 3.05) is 17.1 Å². The van der Waals surface area contributed by atoms with Crippen LogP contribution < -0.4 is 9.62 Å². The van der Waals surface area contributed by atoms with Gasteiger partial charge in [-0.1, -0.05) is 77.8 Å². The standard InChI is InChI=1S/C30H35Cl2N3O4S/c1-21-15-16-24(31)18-26(21)35(40(5,38)39)20-28(36)34(19-23-13-9-10-14-25(23)32)27(29(37)33-30(2,3)4)17-22-11-7-6-8-12-22/h6-16,18,27H,17,19-20H2,1-5H3,(H,33,37)/t27-/m1/s1. The van der Waals surface area contributed by atoms with Crippen LogP contribution in [-0.4, -0.2) is 49.5 Å². The summed E-state index contributed by atoms with van der Waals surface area (Å²) in [6.07, 6.45) is 1.25. The van der Waals surface area contributed by atoms with Gasteiger partial charge in [-0.25, -0.2) is 8.42 Å². The number of hydrogen-bond acceptors (Lipinski definition) is 4. The zero-order chi connectivity index (χ0) is 29.7. The van der Waals surface area contributed by atoms with Gasteiger partial charge in [0.05, 0.1) is 11.9 Å². The fourth-order valence-electron chi connectivity index (χ4n) is 4.26. The molecule has 40 heavy (non-hydrogen) atoms. The molecule has 0 bridgehead atoms. The number of amides is 2. The van der Waals surface area contributed by atoms with Crippen molar-refractivity contribution in [1.82, 2.24) is 10.2 Å². The lowest BCUT2D eigenvalue weighted by molar-refractivity contribution is -0.140. The molecule has 3 rings (SSSR count). The number of nitrogens with zero attached hydrogens (tertiary/aromatic N) is 2. The SMILES string of the molecule is Cc1ccc(Cl)cc1N(CC(=O)N(Cc1ccccc1Cl)[C@H](Cc1ccccc1)C(=O)NC(C)(C)C)S(C)(=O)=O. The van der Waals surface area contributed by atoms with Crippen molar-refractivity contribution < 1.29 is 18.0 Å². The third kappa shape index (κ3) is 8.71. The summed E-state index contributed by atoms with van der Waals surface area (Å²) in [5.41, 5.74) is 1.83. The highest BCUT2D eigenvalue weighted by atomic mass is 35.5. The van der Waals surface area contributed by atoms with E-state index in [1.165, 1.54) is 11.0 Å². The maximum Gasteiger partial charge on any atom is 0.244 e. The fraction of sp³-hybridized carbons (Fsp3) is 0.333. The van der Waals surface area contributed by atoms with Crippen LogP contribution in [0.3, 0.4) is 0 Å². The number of aryl methyl sites for hydroxylation is 1. The summed E-state index contributed by atoms with van der Waals surface area (Å²) >= 11 is 12.7. The van der Waals surface area contributed by atoms with Crippen LogP contribution in [0.5, 0.6) is 0 Å². The fourth-order valence-corrected chi connectivity index (χ4v) is 5.52. The van der Waals surface area contributed by atoms with E-state index in [4.69, 9.17) is 23.2 Å². The minimum Gasteiger partial charge on any atom is -0.350 e. The van der Waals surface area contributed by atoms with E-state index in [1.54, 1.807) is 43.3 Å². The number of carbonyl (C=O) groups is 2. The predicted octanol–water partition coefficient (Wildman–Crippen LogP) is 5.62. The van der Waals surface area contributed by atoms with Gasteiger partial charge < -0.3 is 10.2 Å². The zero-order valence-corrected chi connectivity index (χ0v) is 25.6. The van der Waals surface area contributed by atoms with Crippen LogP contribution in [0.25, 0.3) is 0 Å². The van der Waals surface area contributed by atoms with Crippen molar-refractivity contribution in [1.29, 1.82) is 0 Å². The van der Waals surface area contributed by atoms with E-state index in [0.29, 0.717) is 26.9 Å². The Balaban J connectivity index is 2.11.